The van der Waals surface area contributed by atoms with Crippen molar-refractivity contribution in [2.24, 2.45) is 0 Å². The van der Waals surface area contributed by atoms with Gasteiger partial charge in [-0.15, -0.1) is 0 Å². The third kappa shape index (κ3) is 4.73. The molecule has 0 aliphatic carbocycles. The Morgan fingerprint density at radius 1 is 1.11 bits per heavy atom. The summed E-state index contributed by atoms with van der Waals surface area (Å²) in [4.78, 5) is 38.4. The van der Waals surface area contributed by atoms with Crippen LogP contribution >= 0.6 is 0 Å². The Labute approximate surface area is 158 Å². The molecule has 27 heavy (non-hydrogen) atoms. The molecule has 0 saturated carbocycles. The van der Waals surface area contributed by atoms with E-state index in [1.54, 1.807) is 36.1 Å². The van der Waals surface area contributed by atoms with Crippen molar-refractivity contribution in [1.29, 1.82) is 0 Å². The molecule has 0 bridgehead atoms. The van der Waals surface area contributed by atoms with Gasteiger partial charge in [0.2, 0.25) is 11.8 Å². The average Bonchev–Trinajstić information content (AvgIpc) is 3.02. The minimum absolute atomic E-state index is 0.0670. The molecule has 1 heterocycles. The highest BCUT2D eigenvalue weighted by atomic mass is 16.2. The van der Waals surface area contributed by atoms with Gasteiger partial charge in [-0.1, -0.05) is 43.3 Å². The lowest BCUT2D eigenvalue weighted by molar-refractivity contribution is -0.129. The van der Waals surface area contributed by atoms with E-state index < -0.39 is 6.04 Å². The topological polar surface area (TPSA) is 78.5 Å². The zero-order chi connectivity index (χ0) is 19.2. The number of carbonyl (C=O) groups excluding carboxylic acids is 3. The number of nitrogens with zero attached hydrogens (tertiary/aromatic N) is 1. The second-order valence-electron chi connectivity index (χ2n) is 6.54. The number of anilines is 1. The Bertz CT molecular complexity index is 836. The molecule has 2 aromatic rings. The molecule has 1 aliphatic heterocycles. The predicted molar refractivity (Wildman–Crippen MR) is 103 cm³/mol. The molecule has 0 spiro atoms. The zero-order valence-electron chi connectivity index (χ0n) is 15.3. The van der Waals surface area contributed by atoms with Gasteiger partial charge in [0.25, 0.3) is 5.91 Å². The average molecular weight is 365 g/mol. The van der Waals surface area contributed by atoms with Crippen LogP contribution in [0.4, 0.5) is 5.69 Å². The van der Waals surface area contributed by atoms with Crippen LogP contribution in [0.25, 0.3) is 0 Å². The molecule has 1 aliphatic rings. The summed E-state index contributed by atoms with van der Waals surface area (Å²) < 4.78 is 0. The van der Waals surface area contributed by atoms with E-state index in [0.29, 0.717) is 37.2 Å². The van der Waals surface area contributed by atoms with Crippen LogP contribution in [-0.4, -0.2) is 35.2 Å². The fourth-order valence-corrected chi connectivity index (χ4v) is 3.06. The molecule has 3 amide bonds. The van der Waals surface area contributed by atoms with E-state index in [9.17, 15) is 14.4 Å². The van der Waals surface area contributed by atoms with Gasteiger partial charge >= 0.3 is 0 Å². The summed E-state index contributed by atoms with van der Waals surface area (Å²) in [6, 6.07) is 16.0. The van der Waals surface area contributed by atoms with E-state index in [0.717, 1.165) is 5.56 Å². The maximum Gasteiger partial charge on any atom is 0.252 e. The Morgan fingerprint density at radius 2 is 1.89 bits per heavy atom. The van der Waals surface area contributed by atoms with Crippen LogP contribution in [0.1, 0.15) is 35.7 Å². The normalized spacial score (nSPS) is 16.3. The highest BCUT2D eigenvalue weighted by Gasteiger charge is 2.32. The van der Waals surface area contributed by atoms with Crippen molar-refractivity contribution in [2.45, 2.75) is 32.4 Å². The number of rotatable bonds is 6. The van der Waals surface area contributed by atoms with Crippen molar-refractivity contribution in [3.05, 3.63) is 65.7 Å². The van der Waals surface area contributed by atoms with Crippen LogP contribution in [0.5, 0.6) is 0 Å². The van der Waals surface area contributed by atoms with Crippen molar-refractivity contribution in [3.63, 3.8) is 0 Å². The summed E-state index contributed by atoms with van der Waals surface area (Å²) in [6.45, 7) is 2.93. The number of nitrogens with one attached hydrogen (secondary N) is 2. The van der Waals surface area contributed by atoms with Crippen LogP contribution in [0, 0.1) is 0 Å². The van der Waals surface area contributed by atoms with Crippen molar-refractivity contribution < 1.29 is 14.4 Å². The third-order valence-electron chi connectivity index (χ3n) is 4.55. The van der Waals surface area contributed by atoms with Crippen molar-refractivity contribution in [2.75, 3.05) is 11.9 Å². The van der Waals surface area contributed by atoms with Gasteiger partial charge in [0.1, 0.15) is 6.04 Å². The molecule has 1 saturated heterocycles. The van der Waals surface area contributed by atoms with Crippen LogP contribution in [-0.2, 0) is 16.1 Å². The Balaban J connectivity index is 1.60. The fraction of sp³-hybridized carbons (Fsp3) is 0.286. The van der Waals surface area contributed by atoms with Crippen LogP contribution in [0.3, 0.4) is 0 Å². The van der Waals surface area contributed by atoms with Gasteiger partial charge < -0.3 is 15.5 Å². The van der Waals surface area contributed by atoms with Gasteiger partial charge in [0.15, 0.2) is 0 Å². The molecule has 1 unspecified atom stereocenters. The minimum atomic E-state index is -0.518. The van der Waals surface area contributed by atoms with E-state index >= 15 is 0 Å². The second kappa shape index (κ2) is 8.49. The van der Waals surface area contributed by atoms with Crippen molar-refractivity contribution in [3.8, 4) is 0 Å². The van der Waals surface area contributed by atoms with E-state index in [1.807, 2.05) is 30.3 Å². The highest BCUT2D eigenvalue weighted by Crippen LogP contribution is 2.17. The van der Waals surface area contributed by atoms with Crippen LogP contribution in [0.2, 0.25) is 0 Å². The van der Waals surface area contributed by atoms with Gasteiger partial charge in [-0.25, -0.2) is 0 Å². The maximum atomic E-state index is 12.6. The zero-order valence-corrected chi connectivity index (χ0v) is 15.3. The maximum absolute atomic E-state index is 12.6. The van der Waals surface area contributed by atoms with E-state index in [-0.39, 0.29) is 17.7 Å². The molecule has 6 heteroatoms. The summed E-state index contributed by atoms with van der Waals surface area (Å²) in [5, 5.41) is 5.54. The van der Waals surface area contributed by atoms with Gasteiger partial charge in [-0.2, -0.15) is 0 Å². The fourth-order valence-electron chi connectivity index (χ4n) is 3.06. The molecule has 1 fully saturated rings. The summed E-state index contributed by atoms with van der Waals surface area (Å²) in [5.74, 6) is -0.500. The second-order valence-corrected chi connectivity index (χ2v) is 6.54. The minimum Gasteiger partial charge on any atom is -0.340 e. The number of amides is 3. The smallest absolute Gasteiger partial charge is 0.252 e. The van der Waals surface area contributed by atoms with Crippen molar-refractivity contribution in [1.82, 2.24) is 10.2 Å². The summed E-state index contributed by atoms with van der Waals surface area (Å²) in [5.41, 5.74) is 2.05. The van der Waals surface area contributed by atoms with Gasteiger partial charge in [-0.3, -0.25) is 14.4 Å². The lowest BCUT2D eigenvalue weighted by atomic mass is 10.1. The van der Waals surface area contributed by atoms with Gasteiger partial charge in [0, 0.05) is 30.8 Å². The molecule has 140 valence electrons. The molecule has 3 rings (SSSR count). The van der Waals surface area contributed by atoms with Gasteiger partial charge in [0.05, 0.1) is 0 Å². The molecule has 0 aromatic heterocycles. The summed E-state index contributed by atoms with van der Waals surface area (Å²) in [7, 11) is 0. The molecule has 1 atom stereocenters. The molecular formula is C21H23N3O3. The predicted octanol–water partition coefficient (Wildman–Crippen LogP) is 2.57. The largest absolute Gasteiger partial charge is 0.340 e. The Morgan fingerprint density at radius 3 is 2.63 bits per heavy atom. The van der Waals surface area contributed by atoms with E-state index in [4.69, 9.17) is 0 Å². The summed E-state index contributed by atoms with van der Waals surface area (Å²) in [6.07, 6.45) is 0.952. The molecule has 2 N–H and O–H groups in total. The van der Waals surface area contributed by atoms with Crippen LogP contribution in [0.15, 0.2) is 54.6 Å². The quantitative estimate of drug-likeness (QED) is 0.826. The first-order chi connectivity index (χ1) is 13.1. The number of hydrogen-bond acceptors (Lipinski definition) is 3. The number of likely N-dealkylation sites (tertiary alicyclic amines) is 1. The standard InChI is InChI=1S/C21H23N3O3/c1-2-19(25)22-17-10-6-9-16(13-17)20(26)23-18-11-12-24(21(18)27)14-15-7-4-3-5-8-15/h3-10,13,18H,2,11-12,14H2,1H3,(H,22,25)(H,23,26). The number of carbonyl (C=O) groups is 3. The van der Waals surface area contributed by atoms with Gasteiger partial charge in [-0.05, 0) is 30.2 Å². The molecule has 0 radical (unpaired) electrons. The lowest BCUT2D eigenvalue weighted by Gasteiger charge is -2.17. The van der Waals surface area contributed by atoms with Crippen LogP contribution < -0.4 is 10.6 Å². The first kappa shape index (κ1) is 18.6. The number of benzene rings is 2. The molecular weight excluding hydrogens is 342 g/mol. The Hall–Kier alpha value is -3.15. The SMILES string of the molecule is CCC(=O)Nc1cccc(C(=O)NC2CCN(Cc3ccccc3)C2=O)c1. The Kier molecular flexibility index (Phi) is 5.86. The third-order valence-corrected chi connectivity index (χ3v) is 4.55. The monoisotopic (exact) mass is 365 g/mol. The lowest BCUT2D eigenvalue weighted by Crippen LogP contribution is -2.41. The highest BCUT2D eigenvalue weighted by molar-refractivity contribution is 5.99. The summed E-state index contributed by atoms with van der Waals surface area (Å²) >= 11 is 0. The first-order valence-electron chi connectivity index (χ1n) is 9.10. The van der Waals surface area contributed by atoms with E-state index in [2.05, 4.69) is 10.6 Å². The number of hydrogen-bond donors (Lipinski definition) is 2. The molecule has 6 nitrogen and oxygen atoms in total. The van der Waals surface area contributed by atoms with Crippen molar-refractivity contribution >= 4 is 23.4 Å². The first-order valence-corrected chi connectivity index (χ1v) is 9.10. The van der Waals surface area contributed by atoms with E-state index in [1.165, 1.54) is 0 Å². The molecule has 2 aromatic carbocycles.